The lowest BCUT2D eigenvalue weighted by Crippen LogP contribution is -2.43. The highest BCUT2D eigenvalue weighted by Gasteiger charge is 2.23. The summed E-state index contributed by atoms with van der Waals surface area (Å²) in [4.78, 5) is 0. The molecule has 80 valence electrons. The molecule has 0 aromatic heterocycles. The Kier molecular flexibility index (Phi) is 6.35. The first-order valence-electron chi connectivity index (χ1n) is 5.33. The largest absolute Gasteiger partial charge is 0.380 e. The van der Waals surface area contributed by atoms with Crippen LogP contribution < -0.4 is 5.32 Å². The molecule has 0 amide bonds. The van der Waals surface area contributed by atoms with Gasteiger partial charge >= 0.3 is 0 Å². The second-order valence-corrected chi connectivity index (χ2v) is 4.55. The number of hydrogen-bond acceptors (Lipinski definition) is 2. The van der Waals surface area contributed by atoms with Gasteiger partial charge in [0.1, 0.15) is 0 Å². The van der Waals surface area contributed by atoms with E-state index in [2.05, 4.69) is 39.9 Å². The molecule has 13 heavy (non-hydrogen) atoms. The second-order valence-electron chi connectivity index (χ2n) is 4.55. The summed E-state index contributed by atoms with van der Waals surface area (Å²) in [7, 11) is 0. The molecule has 0 heterocycles. The molecule has 2 heteroatoms. The fourth-order valence-corrected chi connectivity index (χ4v) is 1.21. The van der Waals surface area contributed by atoms with Crippen LogP contribution in [-0.4, -0.2) is 25.8 Å². The van der Waals surface area contributed by atoms with Crippen molar-refractivity contribution in [2.24, 2.45) is 5.41 Å². The van der Waals surface area contributed by atoms with Crippen molar-refractivity contribution in [3.63, 3.8) is 0 Å². The van der Waals surface area contributed by atoms with Crippen molar-refractivity contribution in [1.82, 2.24) is 5.32 Å². The van der Waals surface area contributed by atoms with Crippen molar-refractivity contribution in [3.8, 4) is 0 Å². The van der Waals surface area contributed by atoms with Crippen LogP contribution >= 0.6 is 0 Å². The van der Waals surface area contributed by atoms with E-state index in [0.29, 0.717) is 6.04 Å². The van der Waals surface area contributed by atoms with Crippen LogP contribution in [0.4, 0.5) is 0 Å². The maximum Gasteiger partial charge on any atom is 0.0624 e. The molecule has 0 saturated carbocycles. The number of hydrogen-bond donors (Lipinski definition) is 1. The Morgan fingerprint density at radius 1 is 1.23 bits per heavy atom. The lowest BCUT2D eigenvalue weighted by molar-refractivity contribution is 0.0766. The van der Waals surface area contributed by atoms with Crippen molar-refractivity contribution in [1.29, 1.82) is 0 Å². The smallest absolute Gasteiger partial charge is 0.0624 e. The van der Waals surface area contributed by atoms with Crippen LogP contribution in [0.5, 0.6) is 0 Å². The lowest BCUT2D eigenvalue weighted by Gasteiger charge is -2.31. The van der Waals surface area contributed by atoms with Crippen molar-refractivity contribution in [2.45, 2.75) is 47.1 Å². The van der Waals surface area contributed by atoms with Gasteiger partial charge in [-0.3, -0.25) is 0 Å². The highest BCUT2D eigenvalue weighted by atomic mass is 16.5. The molecule has 0 aromatic carbocycles. The minimum Gasteiger partial charge on any atom is -0.380 e. The van der Waals surface area contributed by atoms with Gasteiger partial charge in [0.25, 0.3) is 0 Å². The van der Waals surface area contributed by atoms with E-state index in [1.54, 1.807) is 0 Å². The first kappa shape index (κ1) is 12.9. The summed E-state index contributed by atoms with van der Waals surface area (Å²) in [6.07, 6.45) is 1.10. The molecule has 0 spiro atoms. The quantitative estimate of drug-likeness (QED) is 0.645. The van der Waals surface area contributed by atoms with Crippen molar-refractivity contribution < 1.29 is 4.74 Å². The first-order valence-corrected chi connectivity index (χ1v) is 5.33. The molecule has 0 aliphatic carbocycles. The minimum atomic E-state index is 0.281. The average molecular weight is 187 g/mol. The molecular formula is C11H25NO. The first-order chi connectivity index (χ1) is 6.02. The lowest BCUT2D eigenvalue weighted by atomic mass is 9.87. The van der Waals surface area contributed by atoms with Crippen LogP contribution in [0.2, 0.25) is 0 Å². The van der Waals surface area contributed by atoms with Crippen LogP contribution in [0.3, 0.4) is 0 Å². The molecule has 0 radical (unpaired) electrons. The Balaban J connectivity index is 3.81. The van der Waals surface area contributed by atoms with E-state index >= 15 is 0 Å². The van der Waals surface area contributed by atoms with Crippen LogP contribution in [-0.2, 0) is 4.74 Å². The van der Waals surface area contributed by atoms with E-state index < -0.39 is 0 Å². The molecule has 0 aliphatic heterocycles. The van der Waals surface area contributed by atoms with Gasteiger partial charge in [-0.1, -0.05) is 34.6 Å². The fourth-order valence-electron chi connectivity index (χ4n) is 1.21. The third kappa shape index (κ3) is 6.05. The Morgan fingerprint density at radius 2 is 1.85 bits per heavy atom. The number of ether oxygens (including phenoxy) is 1. The Labute approximate surface area is 83.1 Å². The van der Waals surface area contributed by atoms with Gasteiger partial charge in [0.05, 0.1) is 6.61 Å². The molecule has 0 aromatic rings. The van der Waals surface area contributed by atoms with E-state index in [0.717, 1.165) is 26.2 Å². The number of rotatable bonds is 6. The zero-order valence-electron chi connectivity index (χ0n) is 9.81. The van der Waals surface area contributed by atoms with Gasteiger partial charge in [0.2, 0.25) is 0 Å². The zero-order valence-corrected chi connectivity index (χ0v) is 9.81. The second kappa shape index (κ2) is 6.39. The van der Waals surface area contributed by atoms with Gasteiger partial charge < -0.3 is 10.1 Å². The molecule has 0 rings (SSSR count). The van der Waals surface area contributed by atoms with Crippen LogP contribution in [0.15, 0.2) is 0 Å². The van der Waals surface area contributed by atoms with Gasteiger partial charge in [-0.25, -0.2) is 0 Å². The van der Waals surface area contributed by atoms with Gasteiger partial charge in [0.15, 0.2) is 0 Å². The van der Waals surface area contributed by atoms with Crippen molar-refractivity contribution in [2.75, 3.05) is 19.8 Å². The minimum absolute atomic E-state index is 0.281. The Morgan fingerprint density at radius 3 is 2.23 bits per heavy atom. The van der Waals surface area contributed by atoms with E-state index in [-0.39, 0.29) is 5.41 Å². The van der Waals surface area contributed by atoms with Crippen molar-refractivity contribution >= 4 is 0 Å². The maximum atomic E-state index is 5.56. The number of nitrogens with one attached hydrogen (secondary N) is 1. The summed E-state index contributed by atoms with van der Waals surface area (Å²) < 4.78 is 5.56. The average Bonchev–Trinajstić information content (AvgIpc) is 2.01. The standard InChI is InChI=1S/C11H25NO/c1-6-8-13-9-10(12-7-2)11(3,4)5/h10,12H,6-9H2,1-5H3. The molecule has 1 unspecified atom stereocenters. The zero-order chi connectivity index (χ0) is 10.3. The van der Waals surface area contributed by atoms with Gasteiger partial charge in [-0.15, -0.1) is 0 Å². The molecule has 0 bridgehead atoms. The van der Waals surface area contributed by atoms with E-state index in [1.807, 2.05) is 0 Å². The third-order valence-corrected chi connectivity index (χ3v) is 2.13. The molecule has 0 aliphatic rings. The monoisotopic (exact) mass is 187 g/mol. The van der Waals surface area contributed by atoms with Gasteiger partial charge in [0, 0.05) is 12.6 Å². The maximum absolute atomic E-state index is 5.56. The molecule has 0 fully saturated rings. The normalized spacial score (nSPS) is 14.5. The predicted octanol–water partition coefficient (Wildman–Crippen LogP) is 2.44. The molecule has 0 saturated heterocycles. The highest BCUT2D eigenvalue weighted by Crippen LogP contribution is 2.19. The molecular weight excluding hydrogens is 162 g/mol. The predicted molar refractivity (Wildman–Crippen MR) is 58.0 cm³/mol. The van der Waals surface area contributed by atoms with Crippen molar-refractivity contribution in [3.05, 3.63) is 0 Å². The summed E-state index contributed by atoms with van der Waals surface area (Å²) in [5.41, 5.74) is 0.281. The summed E-state index contributed by atoms with van der Waals surface area (Å²) in [6.45, 7) is 13.7. The van der Waals surface area contributed by atoms with E-state index in [4.69, 9.17) is 4.74 Å². The molecule has 2 nitrogen and oxygen atoms in total. The summed E-state index contributed by atoms with van der Waals surface area (Å²) in [5.74, 6) is 0. The van der Waals surface area contributed by atoms with E-state index in [1.165, 1.54) is 0 Å². The molecule has 1 atom stereocenters. The summed E-state index contributed by atoms with van der Waals surface area (Å²) in [6, 6.07) is 0.462. The van der Waals surface area contributed by atoms with Crippen LogP contribution in [0, 0.1) is 5.41 Å². The topological polar surface area (TPSA) is 21.3 Å². The Hall–Kier alpha value is -0.0800. The number of likely N-dealkylation sites (N-methyl/N-ethyl adjacent to an activating group) is 1. The Bertz CT molecular complexity index is 118. The summed E-state index contributed by atoms with van der Waals surface area (Å²) in [5, 5.41) is 3.46. The SMILES string of the molecule is CCCOCC(NCC)C(C)(C)C. The summed E-state index contributed by atoms with van der Waals surface area (Å²) >= 11 is 0. The fraction of sp³-hybridized carbons (Fsp3) is 1.00. The third-order valence-electron chi connectivity index (χ3n) is 2.13. The highest BCUT2D eigenvalue weighted by molar-refractivity contribution is 4.79. The molecule has 1 N–H and O–H groups in total. The van der Waals surface area contributed by atoms with Gasteiger partial charge in [-0.05, 0) is 18.4 Å². The van der Waals surface area contributed by atoms with E-state index in [9.17, 15) is 0 Å². The van der Waals surface area contributed by atoms with Gasteiger partial charge in [-0.2, -0.15) is 0 Å². The van der Waals surface area contributed by atoms with Crippen LogP contribution in [0.25, 0.3) is 0 Å². The van der Waals surface area contributed by atoms with Crippen LogP contribution in [0.1, 0.15) is 41.0 Å².